The van der Waals surface area contributed by atoms with Gasteiger partial charge in [-0.15, -0.1) is 0 Å². The molecule has 1 saturated heterocycles. The van der Waals surface area contributed by atoms with E-state index in [1.807, 2.05) is 0 Å². The van der Waals surface area contributed by atoms with Crippen LogP contribution in [-0.4, -0.2) is 47.4 Å². The predicted octanol–water partition coefficient (Wildman–Crippen LogP) is 1.04. The largest absolute Gasteiger partial charge is 0.478 e. The van der Waals surface area contributed by atoms with Crippen LogP contribution in [0.3, 0.4) is 0 Å². The highest BCUT2D eigenvalue weighted by Crippen LogP contribution is 2.21. The molecule has 1 aliphatic rings. The highest BCUT2D eigenvalue weighted by atomic mass is 16.4. The molecule has 0 aromatic heterocycles. The summed E-state index contributed by atoms with van der Waals surface area (Å²) in [6.45, 7) is 2.25. The minimum atomic E-state index is -1.07. The maximum Gasteiger partial charge on any atom is 0.335 e. The number of benzene rings is 1. The van der Waals surface area contributed by atoms with Gasteiger partial charge in [0.15, 0.2) is 0 Å². The number of carbonyl (C=O) groups is 3. The highest BCUT2D eigenvalue weighted by Gasteiger charge is 2.34. The standard InChI is InChI=1S/C15H18N2O4/c1-9-6-10(8-11(7-9)15(20)21)14(19)17-5-3-4-12(17)13(18)16-2/h6-8,12H,3-5H2,1-2H3,(H,16,18)(H,20,21). The Balaban J connectivity index is 2.31. The molecule has 0 saturated carbocycles. The average molecular weight is 290 g/mol. The SMILES string of the molecule is CNC(=O)C1CCCN1C(=O)c1cc(C)cc(C(=O)O)c1. The first-order valence-electron chi connectivity index (χ1n) is 6.81. The summed E-state index contributed by atoms with van der Waals surface area (Å²) in [6.07, 6.45) is 1.39. The summed E-state index contributed by atoms with van der Waals surface area (Å²) >= 11 is 0. The molecule has 1 fully saturated rings. The van der Waals surface area contributed by atoms with Crippen molar-refractivity contribution in [1.82, 2.24) is 10.2 Å². The van der Waals surface area contributed by atoms with E-state index >= 15 is 0 Å². The van der Waals surface area contributed by atoms with Gasteiger partial charge in [0.2, 0.25) is 5.91 Å². The van der Waals surface area contributed by atoms with Crippen molar-refractivity contribution in [2.45, 2.75) is 25.8 Å². The van der Waals surface area contributed by atoms with Crippen molar-refractivity contribution in [1.29, 1.82) is 0 Å². The maximum absolute atomic E-state index is 12.6. The van der Waals surface area contributed by atoms with Crippen LogP contribution in [0.1, 0.15) is 39.1 Å². The lowest BCUT2D eigenvalue weighted by Gasteiger charge is -2.23. The number of aromatic carboxylic acids is 1. The summed E-state index contributed by atoms with van der Waals surface area (Å²) < 4.78 is 0. The Morgan fingerprint density at radius 1 is 1.24 bits per heavy atom. The zero-order chi connectivity index (χ0) is 15.6. The van der Waals surface area contributed by atoms with Crippen LogP contribution < -0.4 is 5.32 Å². The van der Waals surface area contributed by atoms with Crippen molar-refractivity contribution in [3.63, 3.8) is 0 Å². The molecule has 1 aromatic rings. The Morgan fingerprint density at radius 2 is 1.90 bits per heavy atom. The van der Waals surface area contributed by atoms with Gasteiger partial charge in [-0.25, -0.2) is 4.79 Å². The lowest BCUT2D eigenvalue weighted by molar-refractivity contribution is -0.124. The Morgan fingerprint density at radius 3 is 2.52 bits per heavy atom. The second kappa shape index (κ2) is 5.95. The quantitative estimate of drug-likeness (QED) is 0.871. The Bertz CT molecular complexity index is 597. The van der Waals surface area contributed by atoms with E-state index in [0.29, 0.717) is 24.1 Å². The normalized spacial score (nSPS) is 17.6. The van der Waals surface area contributed by atoms with Gasteiger partial charge in [-0.2, -0.15) is 0 Å². The van der Waals surface area contributed by atoms with E-state index in [-0.39, 0.29) is 17.4 Å². The van der Waals surface area contributed by atoms with Gasteiger partial charge in [0, 0.05) is 19.2 Å². The van der Waals surface area contributed by atoms with Gasteiger partial charge in [-0.05, 0) is 43.5 Å². The third-order valence-electron chi connectivity index (χ3n) is 3.63. The Kier molecular flexibility index (Phi) is 4.26. The van der Waals surface area contributed by atoms with Crippen LogP contribution in [0.5, 0.6) is 0 Å². The van der Waals surface area contributed by atoms with E-state index in [1.54, 1.807) is 20.0 Å². The zero-order valence-corrected chi connectivity index (χ0v) is 12.0. The van der Waals surface area contributed by atoms with Gasteiger partial charge in [-0.3, -0.25) is 9.59 Å². The summed E-state index contributed by atoms with van der Waals surface area (Å²) in [5, 5.41) is 11.6. The fourth-order valence-corrected chi connectivity index (χ4v) is 2.64. The summed E-state index contributed by atoms with van der Waals surface area (Å²) in [5.74, 6) is -1.56. The topological polar surface area (TPSA) is 86.7 Å². The summed E-state index contributed by atoms with van der Waals surface area (Å²) in [6, 6.07) is 4.04. The molecule has 0 spiro atoms. The first kappa shape index (κ1) is 15.0. The smallest absolute Gasteiger partial charge is 0.335 e. The second-order valence-corrected chi connectivity index (χ2v) is 5.16. The average Bonchev–Trinajstić information content (AvgIpc) is 2.94. The number of amides is 2. The first-order chi connectivity index (χ1) is 9.93. The van der Waals surface area contributed by atoms with Gasteiger partial charge in [0.25, 0.3) is 5.91 Å². The number of carboxylic acid groups (broad SMARTS) is 1. The van der Waals surface area contributed by atoms with Gasteiger partial charge in [0.05, 0.1) is 5.56 Å². The molecule has 21 heavy (non-hydrogen) atoms. The fraction of sp³-hybridized carbons (Fsp3) is 0.400. The van der Waals surface area contributed by atoms with E-state index < -0.39 is 12.0 Å². The highest BCUT2D eigenvalue weighted by molar-refractivity contribution is 6.00. The lowest BCUT2D eigenvalue weighted by atomic mass is 10.0. The van der Waals surface area contributed by atoms with Crippen molar-refractivity contribution >= 4 is 17.8 Å². The second-order valence-electron chi connectivity index (χ2n) is 5.16. The first-order valence-corrected chi connectivity index (χ1v) is 6.81. The van der Waals surface area contributed by atoms with Gasteiger partial charge < -0.3 is 15.3 Å². The number of nitrogens with zero attached hydrogens (tertiary/aromatic N) is 1. The molecular formula is C15H18N2O4. The van der Waals surface area contributed by atoms with Crippen molar-refractivity contribution in [2.24, 2.45) is 0 Å². The molecular weight excluding hydrogens is 272 g/mol. The van der Waals surface area contributed by atoms with Gasteiger partial charge in [-0.1, -0.05) is 0 Å². The van der Waals surface area contributed by atoms with Crippen LogP contribution in [-0.2, 0) is 4.79 Å². The molecule has 1 aromatic carbocycles. The van der Waals surface area contributed by atoms with Crippen LogP contribution in [0, 0.1) is 6.92 Å². The molecule has 1 atom stereocenters. The minimum absolute atomic E-state index is 0.0778. The molecule has 0 radical (unpaired) electrons. The molecule has 2 N–H and O–H groups in total. The van der Waals surface area contributed by atoms with Crippen LogP contribution >= 0.6 is 0 Å². The van der Waals surface area contributed by atoms with Crippen LogP contribution in [0.2, 0.25) is 0 Å². The third-order valence-corrected chi connectivity index (χ3v) is 3.63. The van der Waals surface area contributed by atoms with Gasteiger partial charge >= 0.3 is 5.97 Å². The van der Waals surface area contributed by atoms with Gasteiger partial charge in [0.1, 0.15) is 6.04 Å². The van der Waals surface area contributed by atoms with Crippen molar-refractivity contribution in [3.8, 4) is 0 Å². The Labute approximate surface area is 122 Å². The van der Waals surface area contributed by atoms with E-state index in [2.05, 4.69) is 5.32 Å². The fourth-order valence-electron chi connectivity index (χ4n) is 2.64. The van der Waals surface area contributed by atoms with Crippen LogP contribution in [0.4, 0.5) is 0 Å². The number of likely N-dealkylation sites (tertiary alicyclic amines) is 1. The molecule has 1 aliphatic heterocycles. The number of hydrogen-bond acceptors (Lipinski definition) is 3. The predicted molar refractivity (Wildman–Crippen MR) is 76.3 cm³/mol. The number of carboxylic acids is 1. The van der Waals surface area contributed by atoms with Crippen molar-refractivity contribution < 1.29 is 19.5 Å². The molecule has 1 heterocycles. The number of rotatable bonds is 3. The summed E-state index contributed by atoms with van der Waals surface area (Å²) in [5.41, 5.74) is 1.09. The van der Waals surface area contributed by atoms with Crippen LogP contribution in [0.25, 0.3) is 0 Å². The number of nitrogens with one attached hydrogen (secondary N) is 1. The zero-order valence-electron chi connectivity index (χ0n) is 12.0. The maximum atomic E-state index is 12.6. The minimum Gasteiger partial charge on any atom is -0.478 e. The van der Waals surface area contributed by atoms with Crippen LogP contribution in [0.15, 0.2) is 18.2 Å². The molecule has 0 aliphatic carbocycles. The molecule has 2 rings (SSSR count). The molecule has 6 heteroatoms. The lowest BCUT2D eigenvalue weighted by Crippen LogP contribution is -2.44. The number of carbonyl (C=O) groups excluding carboxylic acids is 2. The van der Waals surface area contributed by atoms with E-state index in [4.69, 9.17) is 5.11 Å². The molecule has 2 amide bonds. The molecule has 1 unspecified atom stereocenters. The summed E-state index contributed by atoms with van der Waals surface area (Å²) in [7, 11) is 1.54. The number of likely N-dealkylation sites (N-methyl/N-ethyl adjacent to an activating group) is 1. The molecule has 112 valence electrons. The van der Waals surface area contributed by atoms with E-state index in [0.717, 1.165) is 6.42 Å². The monoisotopic (exact) mass is 290 g/mol. The molecule has 0 bridgehead atoms. The Hall–Kier alpha value is -2.37. The van der Waals surface area contributed by atoms with Crippen molar-refractivity contribution in [2.75, 3.05) is 13.6 Å². The number of hydrogen-bond donors (Lipinski definition) is 2. The number of aryl methyl sites for hydroxylation is 1. The van der Waals surface area contributed by atoms with E-state index in [9.17, 15) is 14.4 Å². The summed E-state index contributed by atoms with van der Waals surface area (Å²) in [4.78, 5) is 37.0. The molecule has 6 nitrogen and oxygen atoms in total. The third kappa shape index (κ3) is 3.04. The van der Waals surface area contributed by atoms with Crippen molar-refractivity contribution in [3.05, 3.63) is 34.9 Å². The van der Waals surface area contributed by atoms with E-state index in [1.165, 1.54) is 17.0 Å².